The molecule has 0 unspecified atom stereocenters. The minimum absolute atomic E-state index is 0.0185. The molecule has 0 aliphatic heterocycles. The predicted octanol–water partition coefficient (Wildman–Crippen LogP) is 3.43. The molecule has 3 aromatic carbocycles. The number of ether oxygens (including phenoxy) is 1. The zero-order valence-corrected chi connectivity index (χ0v) is 19.3. The number of Topliss-reactive ketones (excluding diaryl/α,β-unsaturated/α-hetero) is 1. The van der Waals surface area contributed by atoms with E-state index in [1.807, 2.05) is 30.3 Å². The van der Waals surface area contributed by atoms with Crippen LogP contribution >= 0.6 is 0 Å². The summed E-state index contributed by atoms with van der Waals surface area (Å²) in [6.07, 6.45) is 1.36. The van der Waals surface area contributed by atoms with Gasteiger partial charge in [0.1, 0.15) is 11.6 Å². The summed E-state index contributed by atoms with van der Waals surface area (Å²) in [7, 11) is 1.51. The van der Waals surface area contributed by atoms with Crippen LogP contribution in [-0.4, -0.2) is 31.6 Å². The molecule has 0 amide bonds. The van der Waals surface area contributed by atoms with E-state index in [2.05, 4.69) is 4.98 Å². The zero-order valence-electron chi connectivity index (χ0n) is 19.3. The van der Waals surface area contributed by atoms with Gasteiger partial charge in [-0.1, -0.05) is 42.5 Å². The van der Waals surface area contributed by atoms with Crippen molar-refractivity contribution in [3.05, 3.63) is 123 Å². The molecule has 36 heavy (non-hydrogen) atoms. The van der Waals surface area contributed by atoms with Crippen LogP contribution in [0.2, 0.25) is 0 Å². The van der Waals surface area contributed by atoms with Crippen LogP contribution in [0.15, 0.2) is 94.8 Å². The van der Waals surface area contributed by atoms with E-state index >= 15 is 0 Å². The standard InChI is InChI=1S/C27H21FN4O4/c1-36-22-9-5-8-19(14-22)23(33)16-30-17-29-25-24(30)26(34)31(15-18-6-3-2-4-7-18)27(35)32(25)21-12-10-20(28)11-13-21/h2-14,17H,15-16H2,1H3. The summed E-state index contributed by atoms with van der Waals surface area (Å²) in [5, 5.41) is 0. The van der Waals surface area contributed by atoms with Crippen molar-refractivity contribution >= 4 is 16.9 Å². The van der Waals surface area contributed by atoms with Gasteiger partial charge in [-0.2, -0.15) is 0 Å². The fraction of sp³-hybridized carbons (Fsp3) is 0.111. The molecular weight excluding hydrogens is 463 g/mol. The highest BCUT2D eigenvalue weighted by Crippen LogP contribution is 2.17. The number of hydrogen-bond acceptors (Lipinski definition) is 5. The van der Waals surface area contributed by atoms with Gasteiger partial charge in [0.15, 0.2) is 16.9 Å². The molecule has 5 aromatic rings. The first kappa shape index (κ1) is 23.0. The Morgan fingerprint density at radius 2 is 1.72 bits per heavy atom. The number of nitrogens with zero attached hydrogens (tertiary/aromatic N) is 4. The molecule has 8 nitrogen and oxygen atoms in total. The monoisotopic (exact) mass is 484 g/mol. The fourth-order valence-electron chi connectivity index (χ4n) is 4.07. The van der Waals surface area contributed by atoms with Gasteiger partial charge in [0, 0.05) is 5.56 Å². The number of carbonyl (C=O) groups excluding carboxylic acids is 1. The average Bonchev–Trinajstić information content (AvgIpc) is 3.31. The van der Waals surface area contributed by atoms with Crippen molar-refractivity contribution in [3.8, 4) is 11.4 Å². The van der Waals surface area contributed by atoms with Gasteiger partial charge in [-0.05, 0) is 42.0 Å². The van der Waals surface area contributed by atoms with Crippen LogP contribution in [0.3, 0.4) is 0 Å². The smallest absolute Gasteiger partial charge is 0.337 e. The third-order valence-electron chi connectivity index (χ3n) is 5.87. The van der Waals surface area contributed by atoms with Crippen molar-refractivity contribution in [1.82, 2.24) is 18.7 Å². The molecule has 0 saturated heterocycles. The Balaban J connectivity index is 1.69. The third kappa shape index (κ3) is 4.22. The Morgan fingerprint density at radius 1 is 0.972 bits per heavy atom. The van der Waals surface area contributed by atoms with Gasteiger partial charge in [0.05, 0.1) is 32.2 Å². The molecule has 0 N–H and O–H groups in total. The molecule has 5 rings (SSSR count). The van der Waals surface area contributed by atoms with Crippen LogP contribution in [0, 0.1) is 5.82 Å². The fourth-order valence-corrected chi connectivity index (χ4v) is 4.07. The second-order valence-electron chi connectivity index (χ2n) is 8.17. The number of imidazole rings is 1. The number of aromatic nitrogens is 4. The molecular formula is C27H21FN4O4. The Hall–Kier alpha value is -4.79. The van der Waals surface area contributed by atoms with E-state index in [9.17, 15) is 18.8 Å². The lowest BCUT2D eigenvalue weighted by Crippen LogP contribution is -2.40. The summed E-state index contributed by atoms with van der Waals surface area (Å²) in [5.74, 6) is -0.191. The van der Waals surface area contributed by atoms with Gasteiger partial charge in [0.2, 0.25) is 0 Å². The molecule has 0 fully saturated rings. The van der Waals surface area contributed by atoms with Crippen LogP contribution in [0.4, 0.5) is 4.39 Å². The van der Waals surface area contributed by atoms with Crippen molar-refractivity contribution in [1.29, 1.82) is 0 Å². The Labute approximate surface area is 204 Å². The molecule has 2 aromatic heterocycles. The first-order valence-corrected chi connectivity index (χ1v) is 11.1. The van der Waals surface area contributed by atoms with E-state index in [-0.39, 0.29) is 30.0 Å². The molecule has 180 valence electrons. The summed E-state index contributed by atoms with van der Waals surface area (Å²) >= 11 is 0. The van der Waals surface area contributed by atoms with Gasteiger partial charge in [-0.25, -0.2) is 18.7 Å². The van der Waals surface area contributed by atoms with Crippen molar-refractivity contribution in [2.45, 2.75) is 13.1 Å². The Morgan fingerprint density at radius 3 is 2.44 bits per heavy atom. The maximum atomic E-state index is 13.6. The van der Waals surface area contributed by atoms with Gasteiger partial charge in [-0.15, -0.1) is 0 Å². The summed E-state index contributed by atoms with van der Waals surface area (Å²) < 4.78 is 22.6. The number of methoxy groups -OCH3 is 1. The molecule has 0 bridgehead atoms. The van der Waals surface area contributed by atoms with Gasteiger partial charge in [-0.3, -0.25) is 14.2 Å². The van der Waals surface area contributed by atoms with Gasteiger partial charge in [0.25, 0.3) is 5.56 Å². The predicted molar refractivity (Wildman–Crippen MR) is 132 cm³/mol. The number of hydrogen-bond donors (Lipinski definition) is 0. The highest BCUT2D eigenvalue weighted by atomic mass is 19.1. The number of fused-ring (bicyclic) bond motifs is 1. The van der Waals surface area contributed by atoms with E-state index in [1.54, 1.807) is 24.3 Å². The maximum absolute atomic E-state index is 13.6. The summed E-state index contributed by atoms with van der Waals surface area (Å²) in [6.45, 7) is -0.156. The molecule has 0 aliphatic carbocycles. The summed E-state index contributed by atoms with van der Waals surface area (Å²) in [4.78, 5) is 44.5. The van der Waals surface area contributed by atoms with Gasteiger partial charge < -0.3 is 9.30 Å². The van der Waals surface area contributed by atoms with Gasteiger partial charge >= 0.3 is 5.69 Å². The Bertz CT molecular complexity index is 1690. The molecule has 0 aliphatic rings. The molecule has 9 heteroatoms. The number of halogens is 1. The van der Waals surface area contributed by atoms with E-state index < -0.39 is 17.1 Å². The van der Waals surface area contributed by atoms with Crippen molar-refractivity contribution in [2.24, 2.45) is 0 Å². The first-order valence-electron chi connectivity index (χ1n) is 11.1. The third-order valence-corrected chi connectivity index (χ3v) is 5.87. The average molecular weight is 484 g/mol. The molecule has 0 saturated carbocycles. The summed E-state index contributed by atoms with van der Waals surface area (Å²) in [5.41, 5.74) is 0.483. The van der Waals surface area contributed by atoms with Crippen LogP contribution in [-0.2, 0) is 13.1 Å². The highest BCUT2D eigenvalue weighted by Gasteiger charge is 2.21. The maximum Gasteiger partial charge on any atom is 0.337 e. The molecule has 2 heterocycles. The lowest BCUT2D eigenvalue weighted by Gasteiger charge is -2.13. The van der Waals surface area contributed by atoms with E-state index in [0.717, 1.165) is 10.1 Å². The second kappa shape index (κ2) is 9.46. The topological polar surface area (TPSA) is 88.1 Å². The molecule has 0 radical (unpaired) electrons. The number of rotatable bonds is 7. The van der Waals surface area contributed by atoms with E-state index in [1.165, 1.54) is 46.8 Å². The van der Waals surface area contributed by atoms with Crippen molar-refractivity contribution < 1.29 is 13.9 Å². The van der Waals surface area contributed by atoms with Crippen molar-refractivity contribution in [2.75, 3.05) is 7.11 Å². The quantitative estimate of drug-likeness (QED) is 0.330. The first-order chi connectivity index (χ1) is 17.5. The molecule has 0 spiro atoms. The number of ketones is 1. The second-order valence-corrected chi connectivity index (χ2v) is 8.17. The summed E-state index contributed by atoms with van der Waals surface area (Å²) in [6, 6.07) is 21.1. The molecule has 0 atom stereocenters. The minimum Gasteiger partial charge on any atom is -0.497 e. The zero-order chi connectivity index (χ0) is 25.2. The number of benzene rings is 3. The van der Waals surface area contributed by atoms with E-state index in [0.29, 0.717) is 17.0 Å². The van der Waals surface area contributed by atoms with Crippen LogP contribution in [0.25, 0.3) is 16.9 Å². The van der Waals surface area contributed by atoms with Crippen LogP contribution in [0.5, 0.6) is 5.75 Å². The normalized spacial score (nSPS) is 11.1. The highest BCUT2D eigenvalue weighted by molar-refractivity contribution is 5.96. The van der Waals surface area contributed by atoms with E-state index in [4.69, 9.17) is 4.74 Å². The minimum atomic E-state index is -0.618. The lowest BCUT2D eigenvalue weighted by molar-refractivity contribution is 0.0973. The lowest BCUT2D eigenvalue weighted by atomic mass is 10.1. The number of carbonyl (C=O) groups is 1. The Kier molecular flexibility index (Phi) is 6.03. The van der Waals surface area contributed by atoms with Crippen molar-refractivity contribution in [3.63, 3.8) is 0 Å². The van der Waals surface area contributed by atoms with Crippen LogP contribution < -0.4 is 16.0 Å². The SMILES string of the molecule is COc1cccc(C(=O)Cn2cnc3c2c(=O)n(Cc2ccccc2)c(=O)n3-c2ccc(F)cc2)c1. The van der Waals surface area contributed by atoms with Crippen LogP contribution in [0.1, 0.15) is 15.9 Å². The largest absolute Gasteiger partial charge is 0.497 e.